The molecule has 1 aliphatic rings. The molecule has 3 nitrogen and oxygen atoms in total. The van der Waals surface area contributed by atoms with E-state index in [1.807, 2.05) is 30.3 Å². The van der Waals surface area contributed by atoms with Crippen LogP contribution in [0.5, 0.6) is 0 Å². The van der Waals surface area contributed by atoms with Crippen LogP contribution in [0.3, 0.4) is 0 Å². The molecule has 1 heterocycles. The number of aliphatic hydroxyl groups is 1. The van der Waals surface area contributed by atoms with Gasteiger partial charge in [-0.3, -0.25) is 4.79 Å². The van der Waals surface area contributed by atoms with Crippen molar-refractivity contribution >= 4 is 5.91 Å². The predicted molar refractivity (Wildman–Crippen MR) is 57.3 cm³/mol. The minimum absolute atomic E-state index is 0.0181. The summed E-state index contributed by atoms with van der Waals surface area (Å²) in [6.45, 7) is 0.0387. The zero-order valence-corrected chi connectivity index (χ0v) is 8.52. The largest absolute Gasteiger partial charge is 0.394 e. The first-order chi connectivity index (χ1) is 7.29. The Labute approximate surface area is 89.1 Å². The summed E-state index contributed by atoms with van der Waals surface area (Å²) in [5, 5.41) is 11.7. The molecule has 0 bridgehead atoms. The van der Waals surface area contributed by atoms with Gasteiger partial charge in [0.05, 0.1) is 12.6 Å². The summed E-state index contributed by atoms with van der Waals surface area (Å²) in [6, 6.07) is 9.93. The molecule has 15 heavy (non-hydrogen) atoms. The third kappa shape index (κ3) is 2.36. The van der Waals surface area contributed by atoms with E-state index in [0.717, 1.165) is 12.8 Å². The summed E-state index contributed by atoms with van der Waals surface area (Å²) >= 11 is 0. The van der Waals surface area contributed by atoms with Crippen molar-refractivity contribution < 1.29 is 9.90 Å². The number of benzene rings is 1. The molecule has 0 saturated carbocycles. The molecule has 0 spiro atoms. The molecule has 2 atom stereocenters. The van der Waals surface area contributed by atoms with Crippen LogP contribution in [0.4, 0.5) is 0 Å². The highest BCUT2D eigenvalue weighted by Crippen LogP contribution is 2.19. The highest BCUT2D eigenvalue weighted by Gasteiger charge is 2.31. The number of nitrogens with one attached hydrogen (secondary N) is 1. The lowest BCUT2D eigenvalue weighted by atomic mass is 9.96. The molecule has 3 heteroatoms. The average molecular weight is 205 g/mol. The first-order valence-corrected chi connectivity index (χ1v) is 5.24. The van der Waals surface area contributed by atoms with Gasteiger partial charge in [0, 0.05) is 5.92 Å². The number of rotatable bonds is 3. The van der Waals surface area contributed by atoms with Crippen LogP contribution in [-0.2, 0) is 11.2 Å². The van der Waals surface area contributed by atoms with Crippen LogP contribution >= 0.6 is 0 Å². The van der Waals surface area contributed by atoms with Gasteiger partial charge in [0.25, 0.3) is 0 Å². The van der Waals surface area contributed by atoms with E-state index in [1.54, 1.807) is 0 Å². The summed E-state index contributed by atoms with van der Waals surface area (Å²) < 4.78 is 0. The number of carbonyl (C=O) groups excluding carboxylic acids is 1. The maximum Gasteiger partial charge on any atom is 0.223 e. The molecule has 1 fully saturated rings. The molecular formula is C12H15NO2. The lowest BCUT2D eigenvalue weighted by Crippen LogP contribution is -2.29. The summed E-state index contributed by atoms with van der Waals surface area (Å²) in [5.41, 5.74) is 1.18. The van der Waals surface area contributed by atoms with Gasteiger partial charge in [0.15, 0.2) is 0 Å². The van der Waals surface area contributed by atoms with Gasteiger partial charge >= 0.3 is 0 Å². The third-order valence-electron chi connectivity index (χ3n) is 2.83. The Morgan fingerprint density at radius 3 is 2.67 bits per heavy atom. The van der Waals surface area contributed by atoms with Crippen LogP contribution in [0.25, 0.3) is 0 Å². The Morgan fingerprint density at radius 2 is 2.07 bits per heavy atom. The molecule has 1 amide bonds. The van der Waals surface area contributed by atoms with Crippen LogP contribution < -0.4 is 5.32 Å². The van der Waals surface area contributed by atoms with Crippen LogP contribution in [0, 0.1) is 5.92 Å². The minimum atomic E-state index is -0.0498. The third-order valence-corrected chi connectivity index (χ3v) is 2.83. The second-order valence-electron chi connectivity index (χ2n) is 4.01. The molecule has 2 N–H and O–H groups in total. The number of hydrogen-bond donors (Lipinski definition) is 2. The van der Waals surface area contributed by atoms with E-state index in [0.29, 0.717) is 0 Å². The van der Waals surface area contributed by atoms with Crippen molar-refractivity contribution in [2.45, 2.75) is 18.9 Å². The van der Waals surface area contributed by atoms with Crippen molar-refractivity contribution in [3.8, 4) is 0 Å². The Balaban J connectivity index is 1.99. The van der Waals surface area contributed by atoms with Gasteiger partial charge in [-0.05, 0) is 18.4 Å². The van der Waals surface area contributed by atoms with E-state index >= 15 is 0 Å². The predicted octanol–water partition coefficient (Wildman–Crippen LogP) is 0.726. The fraction of sp³-hybridized carbons (Fsp3) is 0.417. The van der Waals surface area contributed by atoms with Gasteiger partial charge in [-0.25, -0.2) is 0 Å². The van der Waals surface area contributed by atoms with Crippen LogP contribution in [0.2, 0.25) is 0 Å². The van der Waals surface area contributed by atoms with E-state index in [1.165, 1.54) is 5.56 Å². The molecule has 80 valence electrons. The molecule has 1 aromatic rings. The maximum atomic E-state index is 11.5. The van der Waals surface area contributed by atoms with Gasteiger partial charge < -0.3 is 10.4 Å². The standard InChI is InChI=1S/C12H15NO2/c14-8-11-7-10(12(15)13-11)6-9-4-2-1-3-5-9/h1-5,10-11,14H,6-8H2,(H,13,15)/t10?,11-/m0/s1. The Hall–Kier alpha value is -1.35. The number of hydrogen-bond acceptors (Lipinski definition) is 2. The second kappa shape index (κ2) is 4.45. The van der Waals surface area contributed by atoms with Crippen LogP contribution in [-0.4, -0.2) is 23.7 Å². The molecule has 1 unspecified atom stereocenters. The molecule has 1 aliphatic heterocycles. The fourth-order valence-corrected chi connectivity index (χ4v) is 2.02. The molecule has 1 saturated heterocycles. The van der Waals surface area contributed by atoms with Crippen molar-refractivity contribution in [1.29, 1.82) is 0 Å². The number of carbonyl (C=O) groups is 1. The Morgan fingerprint density at radius 1 is 1.33 bits per heavy atom. The van der Waals surface area contributed by atoms with Crippen molar-refractivity contribution in [3.63, 3.8) is 0 Å². The summed E-state index contributed by atoms with van der Waals surface area (Å²) in [5.74, 6) is 0.0856. The molecule has 0 aromatic heterocycles. The van der Waals surface area contributed by atoms with Crippen LogP contribution in [0.1, 0.15) is 12.0 Å². The number of aliphatic hydroxyl groups excluding tert-OH is 1. The van der Waals surface area contributed by atoms with E-state index in [2.05, 4.69) is 5.32 Å². The second-order valence-corrected chi connectivity index (χ2v) is 4.01. The highest BCUT2D eigenvalue weighted by atomic mass is 16.3. The van der Waals surface area contributed by atoms with Gasteiger partial charge in [-0.2, -0.15) is 0 Å². The van der Waals surface area contributed by atoms with Crippen molar-refractivity contribution in [1.82, 2.24) is 5.32 Å². The quantitative estimate of drug-likeness (QED) is 0.764. The van der Waals surface area contributed by atoms with Gasteiger partial charge in [-0.1, -0.05) is 30.3 Å². The van der Waals surface area contributed by atoms with E-state index in [4.69, 9.17) is 5.11 Å². The van der Waals surface area contributed by atoms with E-state index in [-0.39, 0.29) is 24.5 Å². The minimum Gasteiger partial charge on any atom is -0.394 e. The summed E-state index contributed by atoms with van der Waals surface area (Å²) in [4.78, 5) is 11.5. The van der Waals surface area contributed by atoms with E-state index < -0.39 is 0 Å². The van der Waals surface area contributed by atoms with Crippen LogP contribution in [0.15, 0.2) is 30.3 Å². The molecule has 0 aliphatic carbocycles. The topological polar surface area (TPSA) is 49.3 Å². The Kier molecular flexibility index (Phi) is 3.02. The maximum absolute atomic E-state index is 11.5. The normalized spacial score (nSPS) is 25.3. The molecular weight excluding hydrogens is 190 g/mol. The average Bonchev–Trinajstić information content (AvgIpc) is 2.61. The first-order valence-electron chi connectivity index (χ1n) is 5.24. The van der Waals surface area contributed by atoms with Gasteiger partial charge in [0.1, 0.15) is 0 Å². The fourth-order valence-electron chi connectivity index (χ4n) is 2.02. The summed E-state index contributed by atoms with van der Waals surface area (Å²) in [7, 11) is 0. The first kappa shape index (κ1) is 10.2. The summed E-state index contributed by atoms with van der Waals surface area (Å²) in [6.07, 6.45) is 1.51. The zero-order valence-electron chi connectivity index (χ0n) is 8.52. The molecule has 0 radical (unpaired) electrons. The monoisotopic (exact) mass is 205 g/mol. The van der Waals surface area contributed by atoms with Crippen molar-refractivity contribution in [2.24, 2.45) is 5.92 Å². The smallest absolute Gasteiger partial charge is 0.223 e. The van der Waals surface area contributed by atoms with Gasteiger partial charge in [0.2, 0.25) is 5.91 Å². The van der Waals surface area contributed by atoms with E-state index in [9.17, 15) is 4.79 Å². The lowest BCUT2D eigenvalue weighted by molar-refractivity contribution is -0.122. The number of amides is 1. The zero-order chi connectivity index (χ0) is 10.7. The highest BCUT2D eigenvalue weighted by molar-refractivity contribution is 5.81. The SMILES string of the molecule is O=C1N[C@H](CO)CC1Cc1ccccc1. The molecule has 2 rings (SSSR count). The van der Waals surface area contributed by atoms with Gasteiger partial charge in [-0.15, -0.1) is 0 Å². The van der Waals surface area contributed by atoms with Crippen molar-refractivity contribution in [2.75, 3.05) is 6.61 Å². The van der Waals surface area contributed by atoms with Crippen molar-refractivity contribution in [3.05, 3.63) is 35.9 Å². The lowest BCUT2D eigenvalue weighted by Gasteiger charge is -2.06. The molecule has 1 aromatic carbocycles. The Bertz CT molecular complexity index is 337.